The molecule has 0 aliphatic heterocycles. The summed E-state index contributed by atoms with van der Waals surface area (Å²) in [5.74, 6) is 0.946. The van der Waals surface area contributed by atoms with Crippen LogP contribution >= 0.6 is 15.9 Å². The van der Waals surface area contributed by atoms with Crippen LogP contribution in [0.4, 0.5) is 0 Å². The Balaban J connectivity index is 2.69. The Morgan fingerprint density at radius 2 is 2.11 bits per heavy atom. The fourth-order valence-corrected chi connectivity index (χ4v) is 1.82. The summed E-state index contributed by atoms with van der Waals surface area (Å²) in [5.41, 5.74) is 0.345. The zero-order chi connectivity index (χ0) is 14.5. The molecule has 1 unspecified atom stereocenters. The largest absolute Gasteiger partial charge is 0.491 e. The van der Waals surface area contributed by atoms with E-state index in [1.54, 1.807) is 6.92 Å². The number of rotatable bonds is 7. The Labute approximate surface area is 124 Å². The predicted molar refractivity (Wildman–Crippen MR) is 82.5 cm³/mol. The second-order valence-corrected chi connectivity index (χ2v) is 6.19. The standard InChI is InChI=1S/C15H24BrNO2/c1-5-17-9-12-8-13(6-7-14(12)16)19-10-15(4,18)11(2)3/h6-8,11,17-18H,5,9-10H2,1-4H3. The van der Waals surface area contributed by atoms with Gasteiger partial charge >= 0.3 is 0 Å². The lowest BCUT2D eigenvalue weighted by Crippen LogP contribution is -2.37. The molecule has 1 aromatic carbocycles. The van der Waals surface area contributed by atoms with Gasteiger partial charge in [0.2, 0.25) is 0 Å². The van der Waals surface area contributed by atoms with Gasteiger partial charge < -0.3 is 15.2 Å². The topological polar surface area (TPSA) is 41.5 Å². The van der Waals surface area contributed by atoms with Crippen molar-refractivity contribution in [2.45, 2.75) is 39.8 Å². The van der Waals surface area contributed by atoms with E-state index in [-0.39, 0.29) is 5.92 Å². The van der Waals surface area contributed by atoms with Gasteiger partial charge in [-0.3, -0.25) is 0 Å². The second-order valence-electron chi connectivity index (χ2n) is 5.33. The van der Waals surface area contributed by atoms with Gasteiger partial charge in [0.25, 0.3) is 0 Å². The average molecular weight is 330 g/mol. The van der Waals surface area contributed by atoms with Gasteiger partial charge in [0, 0.05) is 11.0 Å². The molecule has 3 nitrogen and oxygen atoms in total. The molecule has 0 radical (unpaired) electrons. The maximum Gasteiger partial charge on any atom is 0.119 e. The van der Waals surface area contributed by atoms with Gasteiger partial charge in [0.1, 0.15) is 12.4 Å². The Kier molecular flexibility index (Phi) is 6.30. The van der Waals surface area contributed by atoms with Gasteiger partial charge in [0.15, 0.2) is 0 Å². The molecule has 0 amide bonds. The first-order valence-corrected chi connectivity index (χ1v) is 7.50. The van der Waals surface area contributed by atoms with Gasteiger partial charge in [0.05, 0.1) is 5.60 Å². The Hall–Kier alpha value is -0.580. The Bertz CT molecular complexity index is 405. The molecule has 108 valence electrons. The number of aliphatic hydroxyl groups is 1. The van der Waals surface area contributed by atoms with Crippen LogP contribution in [0.25, 0.3) is 0 Å². The van der Waals surface area contributed by atoms with Crippen LogP contribution in [0, 0.1) is 5.92 Å². The molecule has 0 aromatic heterocycles. The number of hydrogen-bond acceptors (Lipinski definition) is 3. The van der Waals surface area contributed by atoms with Crippen molar-refractivity contribution in [3.8, 4) is 5.75 Å². The fraction of sp³-hybridized carbons (Fsp3) is 0.600. The molecule has 1 atom stereocenters. The van der Waals surface area contributed by atoms with Crippen molar-refractivity contribution in [2.75, 3.05) is 13.2 Å². The van der Waals surface area contributed by atoms with E-state index < -0.39 is 5.60 Å². The third-order valence-corrected chi connectivity index (χ3v) is 4.13. The molecule has 2 N–H and O–H groups in total. The number of hydrogen-bond donors (Lipinski definition) is 2. The lowest BCUT2D eigenvalue weighted by molar-refractivity contribution is -0.0266. The van der Waals surface area contributed by atoms with Crippen LogP contribution in [0.2, 0.25) is 0 Å². The van der Waals surface area contributed by atoms with Crippen LogP contribution in [0.5, 0.6) is 5.75 Å². The molecule has 0 bridgehead atoms. The molecule has 19 heavy (non-hydrogen) atoms. The molecule has 0 heterocycles. The van der Waals surface area contributed by atoms with Crippen molar-refractivity contribution < 1.29 is 9.84 Å². The molecule has 0 aliphatic rings. The van der Waals surface area contributed by atoms with Crippen LogP contribution in [-0.2, 0) is 6.54 Å². The summed E-state index contributed by atoms with van der Waals surface area (Å²) < 4.78 is 6.78. The van der Waals surface area contributed by atoms with Gasteiger partial charge in [-0.15, -0.1) is 0 Å². The maximum absolute atomic E-state index is 10.2. The molecule has 4 heteroatoms. The number of benzene rings is 1. The minimum absolute atomic E-state index is 0.157. The van der Waals surface area contributed by atoms with E-state index in [4.69, 9.17) is 4.74 Å². The normalized spacial score (nSPS) is 14.5. The first-order valence-electron chi connectivity index (χ1n) is 6.71. The van der Waals surface area contributed by atoms with Crippen LogP contribution in [0.1, 0.15) is 33.3 Å². The summed E-state index contributed by atoms with van der Waals surface area (Å²) in [6.07, 6.45) is 0. The first kappa shape index (κ1) is 16.5. The quantitative estimate of drug-likeness (QED) is 0.806. The molecule has 0 saturated heterocycles. The second kappa shape index (κ2) is 7.27. The molecule has 0 saturated carbocycles. The first-order chi connectivity index (χ1) is 8.86. The number of nitrogens with one attached hydrogen (secondary N) is 1. The zero-order valence-corrected chi connectivity index (χ0v) is 13.8. The van der Waals surface area contributed by atoms with Crippen LogP contribution in [-0.4, -0.2) is 23.9 Å². The van der Waals surface area contributed by atoms with Crippen LogP contribution in [0.15, 0.2) is 22.7 Å². The molecule has 0 spiro atoms. The number of ether oxygens (including phenoxy) is 1. The van der Waals surface area contributed by atoms with E-state index in [2.05, 4.69) is 28.2 Å². The Morgan fingerprint density at radius 3 is 2.68 bits per heavy atom. The highest BCUT2D eigenvalue weighted by Gasteiger charge is 2.25. The highest BCUT2D eigenvalue weighted by Crippen LogP contribution is 2.24. The van der Waals surface area contributed by atoms with E-state index in [1.165, 1.54) is 0 Å². The summed E-state index contributed by atoms with van der Waals surface area (Å²) in [6.45, 7) is 9.88. The number of halogens is 1. The van der Waals surface area contributed by atoms with E-state index in [1.807, 2.05) is 32.0 Å². The van der Waals surface area contributed by atoms with Crippen molar-refractivity contribution >= 4 is 15.9 Å². The van der Waals surface area contributed by atoms with Crippen molar-refractivity contribution in [1.29, 1.82) is 0 Å². The lowest BCUT2D eigenvalue weighted by Gasteiger charge is -2.27. The lowest BCUT2D eigenvalue weighted by atomic mass is 9.94. The summed E-state index contributed by atoms with van der Waals surface area (Å²) in [6, 6.07) is 5.89. The van der Waals surface area contributed by atoms with E-state index >= 15 is 0 Å². The van der Waals surface area contributed by atoms with Gasteiger partial charge in [-0.05, 0) is 43.1 Å². The predicted octanol–water partition coefficient (Wildman–Crippen LogP) is 3.34. The zero-order valence-electron chi connectivity index (χ0n) is 12.2. The van der Waals surface area contributed by atoms with Gasteiger partial charge in [-0.25, -0.2) is 0 Å². The molecule has 0 aliphatic carbocycles. The highest BCUT2D eigenvalue weighted by atomic mass is 79.9. The monoisotopic (exact) mass is 329 g/mol. The summed E-state index contributed by atoms with van der Waals surface area (Å²) in [7, 11) is 0. The smallest absolute Gasteiger partial charge is 0.119 e. The minimum atomic E-state index is -0.811. The summed E-state index contributed by atoms with van der Waals surface area (Å²) in [4.78, 5) is 0. The highest BCUT2D eigenvalue weighted by molar-refractivity contribution is 9.10. The summed E-state index contributed by atoms with van der Waals surface area (Å²) in [5, 5.41) is 13.5. The molecular formula is C15H24BrNO2. The molecule has 1 aromatic rings. The average Bonchev–Trinajstić information content (AvgIpc) is 2.36. The van der Waals surface area contributed by atoms with Crippen LogP contribution in [0.3, 0.4) is 0 Å². The van der Waals surface area contributed by atoms with Gasteiger partial charge in [-0.2, -0.15) is 0 Å². The van der Waals surface area contributed by atoms with E-state index in [9.17, 15) is 5.11 Å². The van der Waals surface area contributed by atoms with Crippen molar-refractivity contribution in [2.24, 2.45) is 5.92 Å². The maximum atomic E-state index is 10.2. The van der Waals surface area contributed by atoms with Crippen molar-refractivity contribution in [3.05, 3.63) is 28.2 Å². The van der Waals surface area contributed by atoms with Crippen LogP contribution < -0.4 is 10.1 Å². The van der Waals surface area contributed by atoms with Gasteiger partial charge in [-0.1, -0.05) is 36.7 Å². The molecule has 0 fully saturated rings. The molecular weight excluding hydrogens is 306 g/mol. The summed E-state index contributed by atoms with van der Waals surface area (Å²) >= 11 is 3.53. The third-order valence-electron chi connectivity index (χ3n) is 3.36. The minimum Gasteiger partial charge on any atom is -0.491 e. The van der Waals surface area contributed by atoms with Crippen molar-refractivity contribution in [3.63, 3.8) is 0 Å². The van der Waals surface area contributed by atoms with E-state index in [0.29, 0.717) is 6.61 Å². The third kappa shape index (κ3) is 5.13. The fourth-order valence-electron chi connectivity index (χ4n) is 1.43. The van der Waals surface area contributed by atoms with E-state index in [0.717, 1.165) is 28.9 Å². The van der Waals surface area contributed by atoms with Crippen molar-refractivity contribution in [1.82, 2.24) is 5.32 Å². The SMILES string of the molecule is CCNCc1cc(OCC(C)(O)C(C)C)ccc1Br. The Morgan fingerprint density at radius 1 is 1.42 bits per heavy atom. The molecule has 1 rings (SSSR count).